The summed E-state index contributed by atoms with van der Waals surface area (Å²) in [5.41, 5.74) is 6.36. The van der Waals surface area contributed by atoms with Crippen molar-refractivity contribution in [1.29, 1.82) is 0 Å². The van der Waals surface area contributed by atoms with Gasteiger partial charge in [0.05, 0.1) is 10.7 Å². The normalized spacial score (nSPS) is 11.5. The number of nitrogen functional groups attached to an aromatic ring is 1. The zero-order valence-electron chi connectivity index (χ0n) is 16.2. The molecule has 3 rings (SSSR count). The molecule has 0 aliphatic rings. The molecule has 0 saturated heterocycles. The number of hydrogen-bond acceptors (Lipinski definition) is 10. The van der Waals surface area contributed by atoms with Gasteiger partial charge < -0.3 is 15.8 Å². The lowest BCUT2D eigenvalue weighted by Gasteiger charge is -2.18. The molecule has 0 radical (unpaired) electrons. The van der Waals surface area contributed by atoms with E-state index < -0.39 is 22.9 Å². The SMILES string of the molecule is Cc1ccc(NC(=O)C(OC(=O)CSc2nnc(N)s2)c2ccccc2)c([N+](=O)[O-])c1. The van der Waals surface area contributed by atoms with Gasteiger partial charge in [-0.25, -0.2) is 0 Å². The molecule has 0 saturated carbocycles. The molecule has 0 aliphatic heterocycles. The summed E-state index contributed by atoms with van der Waals surface area (Å²) in [7, 11) is 0. The van der Waals surface area contributed by atoms with Gasteiger partial charge in [0.25, 0.3) is 11.6 Å². The second kappa shape index (κ2) is 10.00. The Morgan fingerprint density at radius 1 is 1.26 bits per heavy atom. The van der Waals surface area contributed by atoms with E-state index in [-0.39, 0.29) is 22.3 Å². The lowest BCUT2D eigenvalue weighted by atomic mass is 10.1. The molecule has 3 aromatic rings. The largest absolute Gasteiger partial charge is 0.447 e. The van der Waals surface area contributed by atoms with Crippen LogP contribution in [0.1, 0.15) is 17.2 Å². The van der Waals surface area contributed by atoms with E-state index in [1.807, 2.05) is 0 Å². The maximum atomic E-state index is 12.9. The summed E-state index contributed by atoms with van der Waals surface area (Å²) in [5.74, 6) is -1.49. The number of carbonyl (C=O) groups is 2. The van der Waals surface area contributed by atoms with Crippen molar-refractivity contribution in [2.45, 2.75) is 17.4 Å². The minimum atomic E-state index is -1.30. The first kappa shape index (κ1) is 22.2. The van der Waals surface area contributed by atoms with Crippen LogP contribution in [0.2, 0.25) is 0 Å². The van der Waals surface area contributed by atoms with Crippen molar-refractivity contribution in [1.82, 2.24) is 10.2 Å². The van der Waals surface area contributed by atoms with Gasteiger partial charge >= 0.3 is 5.97 Å². The number of esters is 1. The summed E-state index contributed by atoms with van der Waals surface area (Å²) in [5, 5.41) is 21.6. The molecule has 160 valence electrons. The van der Waals surface area contributed by atoms with Crippen molar-refractivity contribution in [3.05, 3.63) is 69.8 Å². The Hall–Kier alpha value is -3.51. The van der Waals surface area contributed by atoms with Gasteiger partial charge in [0.2, 0.25) is 11.2 Å². The summed E-state index contributed by atoms with van der Waals surface area (Å²) in [6.45, 7) is 1.70. The molecule has 1 heterocycles. The van der Waals surface area contributed by atoms with E-state index >= 15 is 0 Å². The maximum Gasteiger partial charge on any atom is 0.317 e. The number of hydrogen-bond donors (Lipinski definition) is 2. The summed E-state index contributed by atoms with van der Waals surface area (Å²) in [6.07, 6.45) is -1.30. The number of ether oxygens (including phenoxy) is 1. The van der Waals surface area contributed by atoms with Gasteiger partial charge in [-0.2, -0.15) is 0 Å². The highest BCUT2D eigenvalue weighted by molar-refractivity contribution is 8.01. The number of aromatic nitrogens is 2. The highest BCUT2D eigenvalue weighted by Crippen LogP contribution is 2.29. The van der Waals surface area contributed by atoms with Crippen molar-refractivity contribution >= 4 is 51.5 Å². The fourth-order valence-electron chi connectivity index (χ4n) is 2.56. The number of thioether (sulfide) groups is 1. The average Bonchev–Trinajstić information content (AvgIpc) is 3.17. The summed E-state index contributed by atoms with van der Waals surface area (Å²) in [4.78, 5) is 36.1. The van der Waals surface area contributed by atoms with Crippen LogP contribution >= 0.6 is 23.1 Å². The minimum Gasteiger partial charge on any atom is -0.447 e. The zero-order valence-corrected chi connectivity index (χ0v) is 17.8. The Kier molecular flexibility index (Phi) is 7.15. The number of carbonyl (C=O) groups excluding carboxylic acids is 2. The molecule has 0 spiro atoms. The number of nitro benzene ring substituents is 1. The smallest absolute Gasteiger partial charge is 0.317 e. The van der Waals surface area contributed by atoms with E-state index in [9.17, 15) is 19.7 Å². The first-order chi connectivity index (χ1) is 14.8. The summed E-state index contributed by atoms with van der Waals surface area (Å²) < 4.78 is 5.90. The van der Waals surface area contributed by atoms with E-state index in [1.165, 1.54) is 12.1 Å². The number of rotatable bonds is 8. The molecule has 12 heteroatoms. The highest BCUT2D eigenvalue weighted by Gasteiger charge is 2.27. The van der Waals surface area contributed by atoms with Gasteiger partial charge in [-0.3, -0.25) is 19.7 Å². The summed E-state index contributed by atoms with van der Waals surface area (Å²) in [6, 6.07) is 12.8. The van der Waals surface area contributed by atoms with Gasteiger partial charge in [0.15, 0.2) is 4.34 Å². The fraction of sp³-hybridized carbons (Fsp3) is 0.158. The molecule has 1 amide bonds. The Morgan fingerprint density at radius 2 is 2.00 bits per heavy atom. The van der Waals surface area contributed by atoms with Crippen molar-refractivity contribution < 1.29 is 19.2 Å². The molecule has 3 N–H and O–H groups in total. The van der Waals surface area contributed by atoms with Crippen LogP contribution in [0.3, 0.4) is 0 Å². The monoisotopic (exact) mass is 459 g/mol. The predicted octanol–water partition coefficient (Wildman–Crippen LogP) is 3.35. The molecule has 31 heavy (non-hydrogen) atoms. The number of aryl methyl sites for hydroxylation is 1. The van der Waals surface area contributed by atoms with Crippen LogP contribution < -0.4 is 11.1 Å². The van der Waals surface area contributed by atoms with Crippen molar-refractivity contribution in [3.63, 3.8) is 0 Å². The molecule has 2 aromatic carbocycles. The van der Waals surface area contributed by atoms with Gasteiger partial charge in [0, 0.05) is 11.6 Å². The van der Waals surface area contributed by atoms with Crippen LogP contribution in [0.4, 0.5) is 16.5 Å². The number of nitrogens with zero attached hydrogens (tertiary/aromatic N) is 3. The second-order valence-electron chi connectivity index (χ2n) is 6.24. The zero-order chi connectivity index (χ0) is 22.4. The van der Waals surface area contributed by atoms with Gasteiger partial charge in [-0.05, 0) is 18.6 Å². The third-order valence-electron chi connectivity index (χ3n) is 3.93. The molecule has 1 atom stereocenters. The molecule has 1 aromatic heterocycles. The van der Waals surface area contributed by atoms with Gasteiger partial charge in [0.1, 0.15) is 5.69 Å². The predicted molar refractivity (Wildman–Crippen MR) is 117 cm³/mol. The first-order valence-electron chi connectivity index (χ1n) is 8.85. The van der Waals surface area contributed by atoms with E-state index in [2.05, 4.69) is 15.5 Å². The fourth-order valence-corrected chi connectivity index (χ4v) is 3.98. The van der Waals surface area contributed by atoms with Crippen molar-refractivity contribution in [2.75, 3.05) is 16.8 Å². The molecule has 10 nitrogen and oxygen atoms in total. The quantitative estimate of drug-likeness (QED) is 0.224. The lowest BCUT2D eigenvalue weighted by Crippen LogP contribution is -2.26. The molecular weight excluding hydrogens is 442 g/mol. The number of nitrogens with two attached hydrogens (primary N) is 1. The minimum absolute atomic E-state index is 0.0105. The van der Waals surface area contributed by atoms with Gasteiger partial charge in [-0.15, -0.1) is 10.2 Å². The Balaban J connectivity index is 1.77. The average molecular weight is 460 g/mol. The molecule has 1 unspecified atom stereocenters. The van der Waals surface area contributed by atoms with Crippen LogP contribution in [0.15, 0.2) is 52.9 Å². The van der Waals surface area contributed by atoms with Crippen LogP contribution in [-0.4, -0.2) is 32.8 Å². The Morgan fingerprint density at radius 3 is 2.65 bits per heavy atom. The number of nitrogens with one attached hydrogen (secondary N) is 1. The second-order valence-corrected chi connectivity index (χ2v) is 8.47. The van der Waals surface area contributed by atoms with E-state index in [1.54, 1.807) is 43.3 Å². The van der Waals surface area contributed by atoms with Crippen LogP contribution in [0.25, 0.3) is 0 Å². The molecule has 0 bridgehead atoms. The summed E-state index contributed by atoms with van der Waals surface area (Å²) >= 11 is 2.21. The third-order valence-corrected chi connectivity index (χ3v) is 5.79. The number of amides is 1. The topological polar surface area (TPSA) is 150 Å². The Labute approximate surface area is 185 Å². The van der Waals surface area contributed by atoms with Crippen LogP contribution in [0, 0.1) is 17.0 Å². The highest BCUT2D eigenvalue weighted by atomic mass is 32.2. The number of benzene rings is 2. The van der Waals surface area contributed by atoms with Crippen LogP contribution in [0.5, 0.6) is 0 Å². The van der Waals surface area contributed by atoms with E-state index in [0.717, 1.165) is 23.1 Å². The van der Waals surface area contributed by atoms with E-state index in [0.29, 0.717) is 15.5 Å². The maximum absolute atomic E-state index is 12.9. The lowest BCUT2D eigenvalue weighted by molar-refractivity contribution is -0.384. The molecule has 0 aliphatic carbocycles. The third kappa shape index (κ3) is 5.99. The van der Waals surface area contributed by atoms with Crippen molar-refractivity contribution in [3.8, 4) is 0 Å². The standard InChI is InChI=1S/C19H17N5O5S2/c1-11-7-8-13(14(9-11)24(27)28)21-17(26)16(12-5-3-2-4-6-12)29-15(25)10-30-19-23-22-18(20)31-19/h2-9,16H,10H2,1H3,(H2,20,22)(H,21,26). The molecular formula is C19H17N5O5S2. The van der Waals surface area contributed by atoms with Crippen molar-refractivity contribution in [2.24, 2.45) is 0 Å². The van der Waals surface area contributed by atoms with Gasteiger partial charge in [-0.1, -0.05) is 59.5 Å². The molecule has 0 fully saturated rings. The van der Waals surface area contributed by atoms with E-state index in [4.69, 9.17) is 10.5 Å². The Bertz CT molecular complexity index is 1110. The first-order valence-corrected chi connectivity index (χ1v) is 10.7. The van der Waals surface area contributed by atoms with Crippen LogP contribution in [-0.2, 0) is 14.3 Å². The number of anilines is 2. The number of nitro groups is 1.